The fourth-order valence-corrected chi connectivity index (χ4v) is 2.49. The average molecular weight is 219 g/mol. The monoisotopic (exact) mass is 219 g/mol. The number of rotatable bonds is 2. The summed E-state index contributed by atoms with van der Waals surface area (Å²) in [6.07, 6.45) is 3.12. The summed E-state index contributed by atoms with van der Waals surface area (Å²) in [7, 11) is 0. The van der Waals surface area contributed by atoms with Gasteiger partial charge in [0.1, 0.15) is 5.82 Å². The van der Waals surface area contributed by atoms with Crippen LogP contribution in [0.1, 0.15) is 38.8 Å². The number of pyridine rings is 1. The summed E-state index contributed by atoms with van der Waals surface area (Å²) in [4.78, 5) is 6.84. The van der Waals surface area contributed by atoms with E-state index in [1.165, 1.54) is 6.42 Å². The lowest BCUT2D eigenvalue weighted by Gasteiger charge is -2.23. The van der Waals surface area contributed by atoms with Gasteiger partial charge in [0.25, 0.3) is 0 Å². The van der Waals surface area contributed by atoms with Crippen molar-refractivity contribution in [1.82, 2.24) is 4.98 Å². The lowest BCUT2D eigenvalue weighted by molar-refractivity contribution is 0.625. The molecule has 0 spiro atoms. The maximum Gasteiger partial charge on any atom is 0.129 e. The highest BCUT2D eigenvalue weighted by Crippen LogP contribution is 2.28. The first-order valence-electron chi connectivity index (χ1n) is 6.06. The zero-order chi connectivity index (χ0) is 11.7. The first-order valence-corrected chi connectivity index (χ1v) is 6.06. The fraction of sp³-hybridized carbons (Fsp3) is 0.615. The van der Waals surface area contributed by atoms with Crippen LogP contribution >= 0.6 is 0 Å². The van der Waals surface area contributed by atoms with Crippen molar-refractivity contribution in [2.24, 2.45) is 11.7 Å². The van der Waals surface area contributed by atoms with E-state index in [0.717, 1.165) is 23.8 Å². The van der Waals surface area contributed by atoms with E-state index in [1.54, 1.807) is 0 Å². The number of nitrogens with two attached hydrogens (primary N) is 1. The third kappa shape index (κ3) is 2.19. The Morgan fingerprint density at radius 2 is 2.25 bits per heavy atom. The zero-order valence-electron chi connectivity index (χ0n) is 10.4. The van der Waals surface area contributed by atoms with Crippen LogP contribution in [-0.4, -0.2) is 17.6 Å². The Hall–Kier alpha value is -1.09. The van der Waals surface area contributed by atoms with Crippen LogP contribution in [0.25, 0.3) is 0 Å². The van der Waals surface area contributed by atoms with Crippen molar-refractivity contribution >= 4 is 5.82 Å². The van der Waals surface area contributed by atoms with Crippen molar-refractivity contribution in [2.75, 3.05) is 11.4 Å². The van der Waals surface area contributed by atoms with Gasteiger partial charge in [0.15, 0.2) is 0 Å². The summed E-state index contributed by atoms with van der Waals surface area (Å²) in [6, 6.07) is 4.79. The zero-order valence-corrected chi connectivity index (χ0v) is 10.4. The number of anilines is 1. The number of nitrogens with zero attached hydrogens (tertiary/aromatic N) is 2. The maximum absolute atomic E-state index is 5.90. The topological polar surface area (TPSA) is 42.1 Å². The highest BCUT2D eigenvalue weighted by atomic mass is 15.2. The van der Waals surface area contributed by atoms with Crippen LogP contribution in [0.15, 0.2) is 18.3 Å². The van der Waals surface area contributed by atoms with Crippen molar-refractivity contribution in [3.63, 3.8) is 0 Å². The smallest absolute Gasteiger partial charge is 0.129 e. The molecule has 0 radical (unpaired) electrons. The molecule has 3 atom stereocenters. The summed E-state index contributed by atoms with van der Waals surface area (Å²) < 4.78 is 0. The van der Waals surface area contributed by atoms with E-state index in [4.69, 9.17) is 5.73 Å². The fourth-order valence-electron chi connectivity index (χ4n) is 2.49. The van der Waals surface area contributed by atoms with Gasteiger partial charge in [-0.3, -0.25) is 0 Å². The van der Waals surface area contributed by atoms with Crippen LogP contribution in [0, 0.1) is 5.92 Å². The van der Waals surface area contributed by atoms with Crippen molar-refractivity contribution in [2.45, 2.75) is 39.3 Å². The van der Waals surface area contributed by atoms with Crippen LogP contribution in [-0.2, 0) is 0 Å². The molecule has 1 aliphatic rings. The molecule has 0 bridgehead atoms. The number of hydrogen-bond donors (Lipinski definition) is 1. The molecule has 3 unspecified atom stereocenters. The highest BCUT2D eigenvalue weighted by Gasteiger charge is 2.27. The summed E-state index contributed by atoms with van der Waals surface area (Å²) >= 11 is 0. The number of hydrogen-bond acceptors (Lipinski definition) is 3. The molecule has 3 heteroatoms. The van der Waals surface area contributed by atoms with Gasteiger partial charge in [0, 0.05) is 24.8 Å². The van der Waals surface area contributed by atoms with Crippen LogP contribution < -0.4 is 10.6 Å². The highest BCUT2D eigenvalue weighted by molar-refractivity contribution is 5.44. The first kappa shape index (κ1) is 11.4. The molecule has 0 aliphatic carbocycles. The number of aromatic nitrogens is 1. The standard InChI is InChI=1S/C13H21N3/c1-9-6-10(2)16(8-9)13-7-12(11(3)14)4-5-15-13/h4-5,7,9-11H,6,8,14H2,1-3H3. The normalized spacial score (nSPS) is 27.1. The van der Waals surface area contributed by atoms with Gasteiger partial charge in [-0.05, 0) is 43.9 Å². The Kier molecular flexibility index (Phi) is 3.15. The minimum atomic E-state index is 0.0806. The van der Waals surface area contributed by atoms with Gasteiger partial charge in [-0.2, -0.15) is 0 Å². The molecule has 1 aromatic rings. The van der Waals surface area contributed by atoms with Gasteiger partial charge in [-0.25, -0.2) is 4.98 Å². The van der Waals surface area contributed by atoms with Crippen molar-refractivity contribution in [3.05, 3.63) is 23.9 Å². The van der Waals surface area contributed by atoms with E-state index >= 15 is 0 Å². The van der Waals surface area contributed by atoms with Crippen molar-refractivity contribution < 1.29 is 0 Å². The largest absolute Gasteiger partial charge is 0.354 e. The predicted molar refractivity (Wildman–Crippen MR) is 67.4 cm³/mol. The minimum Gasteiger partial charge on any atom is -0.354 e. The van der Waals surface area contributed by atoms with E-state index in [0.29, 0.717) is 6.04 Å². The lowest BCUT2D eigenvalue weighted by atomic mass is 10.1. The molecule has 0 saturated carbocycles. The Morgan fingerprint density at radius 3 is 2.81 bits per heavy atom. The predicted octanol–water partition coefficient (Wildman–Crippen LogP) is 2.34. The molecule has 2 rings (SSSR count). The molecule has 88 valence electrons. The van der Waals surface area contributed by atoms with Crippen LogP contribution in [0.4, 0.5) is 5.82 Å². The van der Waals surface area contributed by atoms with E-state index in [1.807, 2.05) is 19.2 Å². The Bertz CT molecular complexity index is 362. The molecule has 2 N–H and O–H groups in total. The molecule has 0 amide bonds. The second-order valence-corrected chi connectivity index (χ2v) is 5.08. The third-order valence-electron chi connectivity index (χ3n) is 3.37. The third-order valence-corrected chi connectivity index (χ3v) is 3.37. The van der Waals surface area contributed by atoms with Crippen LogP contribution in [0.2, 0.25) is 0 Å². The average Bonchev–Trinajstić information content (AvgIpc) is 2.58. The van der Waals surface area contributed by atoms with Gasteiger partial charge >= 0.3 is 0 Å². The molecule has 0 aromatic carbocycles. The van der Waals surface area contributed by atoms with Gasteiger partial charge in [-0.15, -0.1) is 0 Å². The molecular weight excluding hydrogens is 198 g/mol. The minimum absolute atomic E-state index is 0.0806. The van der Waals surface area contributed by atoms with Gasteiger partial charge in [0.2, 0.25) is 0 Å². The second-order valence-electron chi connectivity index (χ2n) is 5.08. The van der Waals surface area contributed by atoms with Crippen LogP contribution in [0.5, 0.6) is 0 Å². The second kappa shape index (κ2) is 4.42. The van der Waals surface area contributed by atoms with E-state index in [-0.39, 0.29) is 6.04 Å². The van der Waals surface area contributed by atoms with E-state index in [9.17, 15) is 0 Å². The first-order chi connectivity index (χ1) is 7.58. The van der Waals surface area contributed by atoms with Gasteiger partial charge < -0.3 is 10.6 Å². The quantitative estimate of drug-likeness (QED) is 0.830. The van der Waals surface area contributed by atoms with Crippen molar-refractivity contribution in [3.8, 4) is 0 Å². The van der Waals surface area contributed by atoms with Crippen molar-refractivity contribution in [1.29, 1.82) is 0 Å². The molecule has 1 saturated heterocycles. The summed E-state index contributed by atoms with van der Waals surface area (Å²) in [5, 5.41) is 0. The molecular formula is C13H21N3. The van der Waals surface area contributed by atoms with Crippen LogP contribution in [0.3, 0.4) is 0 Å². The SMILES string of the molecule is CC1CC(C)N(c2cc(C(C)N)ccn2)C1. The van der Waals surface area contributed by atoms with E-state index in [2.05, 4.69) is 29.8 Å². The Labute approximate surface area is 97.7 Å². The maximum atomic E-state index is 5.90. The Morgan fingerprint density at radius 1 is 1.50 bits per heavy atom. The lowest BCUT2D eigenvalue weighted by Crippen LogP contribution is -2.27. The van der Waals surface area contributed by atoms with Gasteiger partial charge in [0.05, 0.1) is 0 Å². The molecule has 2 heterocycles. The van der Waals surface area contributed by atoms with E-state index < -0.39 is 0 Å². The summed E-state index contributed by atoms with van der Waals surface area (Å²) in [6.45, 7) is 7.68. The molecule has 16 heavy (non-hydrogen) atoms. The Balaban J connectivity index is 2.23. The molecule has 1 fully saturated rings. The molecule has 1 aliphatic heterocycles. The molecule has 1 aromatic heterocycles. The summed E-state index contributed by atoms with van der Waals surface area (Å²) in [5.41, 5.74) is 7.06. The molecule has 3 nitrogen and oxygen atoms in total. The summed E-state index contributed by atoms with van der Waals surface area (Å²) in [5.74, 6) is 1.84. The van der Waals surface area contributed by atoms with Gasteiger partial charge in [-0.1, -0.05) is 6.92 Å².